The molecule has 3 rings (SSSR count). The van der Waals surface area contributed by atoms with Gasteiger partial charge < -0.3 is 10.6 Å². The number of carbonyl (C=O) groups excluding carboxylic acids is 1. The van der Waals surface area contributed by atoms with Gasteiger partial charge in [-0.25, -0.2) is 0 Å². The Morgan fingerprint density at radius 2 is 1.54 bits per heavy atom. The number of nitrogens with one attached hydrogen (secondary N) is 1. The lowest BCUT2D eigenvalue weighted by Crippen LogP contribution is -2.87. The van der Waals surface area contributed by atoms with Crippen LogP contribution in [0.25, 0.3) is 0 Å². The molecule has 3 aromatic carbocycles. The van der Waals surface area contributed by atoms with Crippen LogP contribution in [0.5, 0.6) is 0 Å². The van der Waals surface area contributed by atoms with E-state index in [4.69, 9.17) is 0 Å². The number of hydrogen-bond acceptors (Lipinski definition) is 1. The molecule has 0 saturated heterocycles. The normalized spacial score (nSPS) is 10.7. The minimum Gasteiger partial charge on any atom is -0.328 e. The number of aryl methyl sites for hydroxylation is 1. The first-order chi connectivity index (χ1) is 12.6. The van der Waals surface area contributed by atoms with E-state index >= 15 is 0 Å². The molecule has 0 unspecified atom stereocenters. The van der Waals surface area contributed by atoms with Crippen LogP contribution in [-0.4, -0.2) is 12.5 Å². The number of quaternary nitrogens is 1. The number of hydrogen-bond donors (Lipinski definition) is 2. The highest BCUT2D eigenvalue weighted by Gasteiger charge is 2.18. The molecule has 0 saturated carbocycles. The summed E-state index contributed by atoms with van der Waals surface area (Å²) in [5, 5.41) is 5.08. The summed E-state index contributed by atoms with van der Waals surface area (Å²) in [6, 6.07) is 26.5. The van der Waals surface area contributed by atoms with Gasteiger partial charge in [0.25, 0.3) is 5.91 Å². The lowest BCUT2D eigenvalue weighted by Gasteiger charge is -2.17. The Morgan fingerprint density at radius 3 is 2.08 bits per heavy atom. The van der Waals surface area contributed by atoms with Crippen LogP contribution < -0.4 is 10.6 Å². The Labute approximate surface area is 162 Å². The molecule has 0 aliphatic carbocycles. The van der Waals surface area contributed by atoms with Crippen LogP contribution in [0, 0.1) is 6.92 Å². The molecular weight excluding hydrogens is 388 g/mol. The summed E-state index contributed by atoms with van der Waals surface area (Å²) in [6.45, 7) is 2.34. The number of anilines is 1. The molecule has 0 atom stereocenters. The maximum absolute atomic E-state index is 12.5. The van der Waals surface area contributed by atoms with Gasteiger partial charge >= 0.3 is 0 Å². The molecule has 3 aromatic rings. The number of halogens is 1. The van der Waals surface area contributed by atoms with E-state index in [0.717, 1.165) is 15.7 Å². The SMILES string of the molecule is Cc1cc(Br)ccc1NC(=O)C[NH2+]C(c1ccccc1)c1ccccc1. The standard InChI is InChI=1S/C22H21BrN2O/c1-16-14-19(23)12-13-20(16)25-21(26)15-24-22(17-8-4-2-5-9-17)18-10-6-3-7-11-18/h2-14,22,24H,15H2,1H3,(H,25,26)/p+1. The van der Waals surface area contributed by atoms with Gasteiger partial charge in [0, 0.05) is 21.3 Å². The van der Waals surface area contributed by atoms with E-state index in [9.17, 15) is 4.79 Å². The summed E-state index contributed by atoms with van der Waals surface area (Å²) in [7, 11) is 0. The van der Waals surface area contributed by atoms with Crippen molar-refractivity contribution in [2.75, 3.05) is 11.9 Å². The highest BCUT2D eigenvalue weighted by atomic mass is 79.9. The summed E-state index contributed by atoms with van der Waals surface area (Å²) in [6.07, 6.45) is 0. The molecule has 4 heteroatoms. The van der Waals surface area contributed by atoms with Crippen molar-refractivity contribution in [2.24, 2.45) is 0 Å². The van der Waals surface area contributed by atoms with Gasteiger partial charge in [0.1, 0.15) is 6.04 Å². The van der Waals surface area contributed by atoms with Gasteiger partial charge in [0.15, 0.2) is 6.54 Å². The zero-order valence-corrected chi connectivity index (χ0v) is 16.2. The van der Waals surface area contributed by atoms with Crippen molar-refractivity contribution in [3.8, 4) is 0 Å². The van der Waals surface area contributed by atoms with Crippen LogP contribution >= 0.6 is 15.9 Å². The van der Waals surface area contributed by atoms with Gasteiger partial charge in [-0.3, -0.25) is 4.79 Å². The Balaban J connectivity index is 1.71. The third-order valence-electron chi connectivity index (χ3n) is 4.32. The van der Waals surface area contributed by atoms with E-state index in [2.05, 4.69) is 50.8 Å². The van der Waals surface area contributed by atoms with Gasteiger partial charge in [0.2, 0.25) is 0 Å². The summed E-state index contributed by atoms with van der Waals surface area (Å²) in [5.41, 5.74) is 4.26. The number of benzene rings is 3. The predicted octanol–water partition coefficient (Wildman–Crippen LogP) is 4.05. The van der Waals surface area contributed by atoms with Gasteiger partial charge in [-0.05, 0) is 30.7 Å². The molecule has 0 aliphatic rings. The fourth-order valence-electron chi connectivity index (χ4n) is 2.98. The van der Waals surface area contributed by atoms with Crippen LogP contribution in [0.15, 0.2) is 83.3 Å². The molecule has 26 heavy (non-hydrogen) atoms. The molecule has 1 amide bonds. The van der Waals surface area contributed by atoms with Crippen molar-refractivity contribution in [3.05, 3.63) is 100 Å². The van der Waals surface area contributed by atoms with Crippen LogP contribution in [0.4, 0.5) is 5.69 Å². The fourth-order valence-corrected chi connectivity index (χ4v) is 3.45. The van der Waals surface area contributed by atoms with Crippen molar-refractivity contribution in [1.82, 2.24) is 0 Å². The third kappa shape index (κ3) is 4.81. The van der Waals surface area contributed by atoms with E-state index in [-0.39, 0.29) is 11.9 Å². The highest BCUT2D eigenvalue weighted by molar-refractivity contribution is 9.10. The lowest BCUT2D eigenvalue weighted by atomic mass is 9.99. The van der Waals surface area contributed by atoms with Gasteiger partial charge in [-0.1, -0.05) is 76.6 Å². The third-order valence-corrected chi connectivity index (χ3v) is 4.81. The maximum Gasteiger partial charge on any atom is 0.279 e. The second-order valence-corrected chi connectivity index (χ2v) is 7.16. The van der Waals surface area contributed by atoms with E-state index in [0.29, 0.717) is 6.54 Å². The molecule has 3 nitrogen and oxygen atoms in total. The molecule has 132 valence electrons. The molecule has 0 fully saturated rings. The quantitative estimate of drug-likeness (QED) is 0.633. The van der Waals surface area contributed by atoms with Crippen molar-refractivity contribution in [3.63, 3.8) is 0 Å². The number of amides is 1. The fraction of sp³-hybridized carbons (Fsp3) is 0.136. The Bertz CT molecular complexity index is 826. The first-order valence-electron chi connectivity index (χ1n) is 8.62. The van der Waals surface area contributed by atoms with Gasteiger partial charge in [-0.15, -0.1) is 0 Å². The number of rotatable bonds is 6. The van der Waals surface area contributed by atoms with E-state index < -0.39 is 0 Å². The predicted molar refractivity (Wildman–Crippen MR) is 109 cm³/mol. The zero-order valence-electron chi connectivity index (χ0n) is 14.7. The first-order valence-corrected chi connectivity index (χ1v) is 9.42. The monoisotopic (exact) mass is 409 g/mol. The maximum atomic E-state index is 12.5. The minimum atomic E-state index is -0.00714. The minimum absolute atomic E-state index is 0.00714. The summed E-state index contributed by atoms with van der Waals surface area (Å²) < 4.78 is 1.01. The molecule has 3 N–H and O–H groups in total. The molecule has 0 aromatic heterocycles. The number of carbonyl (C=O) groups is 1. The number of nitrogens with two attached hydrogens (primary N) is 1. The van der Waals surface area contributed by atoms with Crippen LogP contribution in [0.1, 0.15) is 22.7 Å². The smallest absolute Gasteiger partial charge is 0.279 e. The highest BCUT2D eigenvalue weighted by Crippen LogP contribution is 2.20. The van der Waals surface area contributed by atoms with Gasteiger partial charge in [-0.2, -0.15) is 0 Å². The van der Waals surface area contributed by atoms with Crippen LogP contribution in [-0.2, 0) is 4.79 Å². The average molecular weight is 410 g/mol. The molecule has 0 heterocycles. The van der Waals surface area contributed by atoms with Crippen LogP contribution in [0.2, 0.25) is 0 Å². The van der Waals surface area contributed by atoms with Crippen molar-refractivity contribution >= 4 is 27.5 Å². The Hall–Kier alpha value is -2.43. The van der Waals surface area contributed by atoms with E-state index in [1.54, 1.807) is 0 Å². The molecule has 0 radical (unpaired) electrons. The molecule has 0 aliphatic heterocycles. The molecular formula is C22H22BrN2O+. The second kappa shape index (κ2) is 8.79. The first kappa shape index (κ1) is 18.4. The largest absolute Gasteiger partial charge is 0.328 e. The Kier molecular flexibility index (Phi) is 6.21. The van der Waals surface area contributed by atoms with Crippen molar-refractivity contribution < 1.29 is 10.1 Å². The Morgan fingerprint density at radius 1 is 0.962 bits per heavy atom. The molecule has 0 bridgehead atoms. The summed E-state index contributed by atoms with van der Waals surface area (Å²) >= 11 is 3.45. The van der Waals surface area contributed by atoms with Gasteiger partial charge in [0.05, 0.1) is 0 Å². The molecule has 0 spiro atoms. The lowest BCUT2D eigenvalue weighted by molar-refractivity contribution is -0.676. The summed E-state index contributed by atoms with van der Waals surface area (Å²) in [5.74, 6) is -0.00714. The topological polar surface area (TPSA) is 45.7 Å². The van der Waals surface area contributed by atoms with E-state index in [1.165, 1.54) is 11.1 Å². The average Bonchev–Trinajstić information content (AvgIpc) is 2.66. The zero-order chi connectivity index (χ0) is 18.4. The van der Waals surface area contributed by atoms with Crippen molar-refractivity contribution in [2.45, 2.75) is 13.0 Å². The van der Waals surface area contributed by atoms with Crippen molar-refractivity contribution in [1.29, 1.82) is 0 Å². The second-order valence-electron chi connectivity index (χ2n) is 6.25. The summed E-state index contributed by atoms with van der Waals surface area (Å²) in [4.78, 5) is 12.5. The van der Waals surface area contributed by atoms with Crippen LogP contribution in [0.3, 0.4) is 0 Å². The van der Waals surface area contributed by atoms with E-state index in [1.807, 2.05) is 61.5 Å².